The summed E-state index contributed by atoms with van der Waals surface area (Å²) in [7, 11) is 1.72. The molecule has 1 N–H and O–H groups in total. The summed E-state index contributed by atoms with van der Waals surface area (Å²) >= 11 is 0. The quantitative estimate of drug-likeness (QED) is 0.749. The van der Waals surface area contributed by atoms with E-state index in [1.807, 2.05) is 4.90 Å². The van der Waals surface area contributed by atoms with E-state index in [1.54, 1.807) is 14.0 Å². The lowest BCUT2D eigenvalue weighted by molar-refractivity contribution is -0.143. The summed E-state index contributed by atoms with van der Waals surface area (Å²) in [5, 5.41) is 8.88. The van der Waals surface area contributed by atoms with Crippen molar-refractivity contribution in [1.82, 2.24) is 4.90 Å². The van der Waals surface area contributed by atoms with Gasteiger partial charge in [-0.2, -0.15) is 0 Å². The molecule has 1 atom stereocenters. The van der Waals surface area contributed by atoms with E-state index in [-0.39, 0.29) is 6.04 Å². The molecule has 0 unspecified atom stereocenters. The molecule has 0 bridgehead atoms. The topological polar surface area (TPSA) is 49.8 Å². The maximum atomic E-state index is 10.8. The van der Waals surface area contributed by atoms with Gasteiger partial charge in [-0.15, -0.1) is 0 Å². The molecule has 1 rings (SSSR count). The van der Waals surface area contributed by atoms with E-state index in [4.69, 9.17) is 9.84 Å². The summed E-state index contributed by atoms with van der Waals surface area (Å²) in [5.41, 5.74) is 0. The van der Waals surface area contributed by atoms with E-state index >= 15 is 0 Å². The van der Waals surface area contributed by atoms with E-state index in [0.29, 0.717) is 5.92 Å². The van der Waals surface area contributed by atoms with Crippen LogP contribution >= 0.6 is 0 Å². The monoisotopic (exact) mass is 215 g/mol. The van der Waals surface area contributed by atoms with Crippen molar-refractivity contribution in [3.8, 4) is 0 Å². The van der Waals surface area contributed by atoms with Gasteiger partial charge < -0.3 is 9.84 Å². The highest BCUT2D eigenvalue weighted by atomic mass is 16.5. The number of hydrogen-bond donors (Lipinski definition) is 1. The summed E-state index contributed by atoms with van der Waals surface area (Å²) in [6, 6.07) is -0.339. The number of ether oxygens (including phenoxy) is 1. The number of carbonyl (C=O) groups is 1. The Bertz CT molecular complexity index is 200. The molecule has 4 heteroatoms. The first-order valence-electron chi connectivity index (χ1n) is 5.61. The fourth-order valence-corrected chi connectivity index (χ4v) is 2.07. The number of carboxylic acid groups (broad SMARTS) is 1. The lowest BCUT2D eigenvalue weighted by Gasteiger charge is -2.34. The summed E-state index contributed by atoms with van der Waals surface area (Å²) in [6.07, 6.45) is 3.30. The normalized spacial score (nSPS) is 21.5. The molecule has 15 heavy (non-hydrogen) atoms. The predicted molar refractivity (Wildman–Crippen MR) is 57.9 cm³/mol. The number of nitrogens with zero attached hydrogens (tertiary/aromatic N) is 1. The third-order valence-corrected chi connectivity index (χ3v) is 3.28. The molecule has 0 aromatic heterocycles. The zero-order chi connectivity index (χ0) is 11.3. The highest BCUT2D eigenvalue weighted by Crippen LogP contribution is 2.21. The highest BCUT2D eigenvalue weighted by molar-refractivity contribution is 5.72. The molecule has 4 nitrogen and oxygen atoms in total. The molecule has 1 fully saturated rings. The average Bonchev–Trinajstić information content (AvgIpc) is 2.26. The van der Waals surface area contributed by atoms with Gasteiger partial charge in [0.1, 0.15) is 6.04 Å². The first kappa shape index (κ1) is 12.5. The molecule has 0 spiro atoms. The van der Waals surface area contributed by atoms with E-state index in [0.717, 1.165) is 39.0 Å². The maximum Gasteiger partial charge on any atom is 0.320 e. The molecule has 0 saturated carbocycles. The largest absolute Gasteiger partial charge is 0.480 e. The third-order valence-electron chi connectivity index (χ3n) is 3.28. The van der Waals surface area contributed by atoms with Gasteiger partial charge in [-0.25, -0.2) is 0 Å². The van der Waals surface area contributed by atoms with Crippen molar-refractivity contribution < 1.29 is 14.6 Å². The summed E-state index contributed by atoms with van der Waals surface area (Å²) in [5.74, 6) is -0.00691. The van der Waals surface area contributed by atoms with Crippen LogP contribution < -0.4 is 0 Å². The summed E-state index contributed by atoms with van der Waals surface area (Å²) in [4.78, 5) is 12.8. The number of aliphatic carboxylic acids is 1. The number of hydrogen-bond acceptors (Lipinski definition) is 3. The zero-order valence-electron chi connectivity index (χ0n) is 9.61. The number of likely N-dealkylation sites (tertiary alicyclic amines) is 1. The minimum absolute atomic E-state index is 0.339. The molecule has 1 aliphatic rings. The van der Waals surface area contributed by atoms with Gasteiger partial charge in [0, 0.05) is 13.7 Å². The Morgan fingerprint density at radius 1 is 1.53 bits per heavy atom. The van der Waals surface area contributed by atoms with Crippen LogP contribution in [0.15, 0.2) is 0 Å². The van der Waals surface area contributed by atoms with Crippen LogP contribution in [0.1, 0.15) is 26.2 Å². The zero-order valence-corrected chi connectivity index (χ0v) is 9.61. The molecule has 0 aliphatic carbocycles. The first-order chi connectivity index (χ1) is 7.15. The van der Waals surface area contributed by atoms with Crippen LogP contribution in [0.25, 0.3) is 0 Å². The van der Waals surface area contributed by atoms with Crippen LogP contribution in [0.3, 0.4) is 0 Å². The average molecular weight is 215 g/mol. The number of carboxylic acids is 1. The molecule has 88 valence electrons. The molecule has 0 radical (unpaired) electrons. The third kappa shape index (κ3) is 3.80. The Balaban J connectivity index is 2.26. The van der Waals surface area contributed by atoms with Crippen LogP contribution in [0.4, 0.5) is 0 Å². The maximum absolute atomic E-state index is 10.8. The summed E-state index contributed by atoms with van der Waals surface area (Å²) in [6.45, 7) is 4.39. The number of piperidine rings is 1. The second kappa shape index (κ2) is 6.08. The molecule has 0 amide bonds. The molecule has 1 heterocycles. The van der Waals surface area contributed by atoms with Crippen molar-refractivity contribution in [2.75, 3.05) is 26.8 Å². The Kier molecular flexibility index (Phi) is 5.05. The fourth-order valence-electron chi connectivity index (χ4n) is 2.07. The lowest BCUT2D eigenvalue weighted by Crippen LogP contribution is -2.44. The van der Waals surface area contributed by atoms with Crippen LogP contribution in [0.5, 0.6) is 0 Å². The second-order valence-electron chi connectivity index (χ2n) is 4.28. The van der Waals surface area contributed by atoms with Gasteiger partial charge in [0.15, 0.2) is 0 Å². The van der Waals surface area contributed by atoms with Gasteiger partial charge in [0.25, 0.3) is 0 Å². The standard InChI is InChI=1S/C11H21NO3/c1-9(11(13)14)12-6-3-10(4-7-12)5-8-15-2/h9-10H,3-8H2,1-2H3,(H,13,14)/t9-/m0/s1. The van der Waals surface area contributed by atoms with Gasteiger partial charge >= 0.3 is 5.97 Å². The predicted octanol–water partition coefficient (Wildman–Crippen LogP) is 1.21. The number of methoxy groups -OCH3 is 1. The Morgan fingerprint density at radius 2 is 2.13 bits per heavy atom. The number of rotatable bonds is 5. The van der Waals surface area contributed by atoms with E-state index < -0.39 is 5.97 Å². The van der Waals surface area contributed by atoms with Gasteiger partial charge in [-0.1, -0.05) is 0 Å². The highest BCUT2D eigenvalue weighted by Gasteiger charge is 2.25. The smallest absolute Gasteiger partial charge is 0.320 e. The minimum atomic E-state index is -0.717. The first-order valence-corrected chi connectivity index (χ1v) is 5.61. The molecular formula is C11H21NO3. The Labute approximate surface area is 91.2 Å². The van der Waals surface area contributed by atoms with Gasteiger partial charge in [0.2, 0.25) is 0 Å². The van der Waals surface area contributed by atoms with Crippen molar-refractivity contribution in [2.45, 2.75) is 32.2 Å². The Morgan fingerprint density at radius 3 is 2.60 bits per heavy atom. The van der Waals surface area contributed by atoms with Gasteiger partial charge in [0.05, 0.1) is 0 Å². The van der Waals surface area contributed by atoms with Crippen molar-refractivity contribution in [1.29, 1.82) is 0 Å². The molecule has 1 saturated heterocycles. The van der Waals surface area contributed by atoms with Crippen molar-refractivity contribution in [3.05, 3.63) is 0 Å². The van der Waals surface area contributed by atoms with Crippen molar-refractivity contribution in [3.63, 3.8) is 0 Å². The molecule has 0 aromatic carbocycles. The molecule has 0 aromatic rings. The van der Waals surface area contributed by atoms with E-state index in [1.165, 1.54) is 0 Å². The van der Waals surface area contributed by atoms with E-state index in [2.05, 4.69) is 0 Å². The molecule has 1 aliphatic heterocycles. The van der Waals surface area contributed by atoms with Crippen LogP contribution in [0, 0.1) is 5.92 Å². The van der Waals surface area contributed by atoms with Gasteiger partial charge in [-0.3, -0.25) is 9.69 Å². The lowest BCUT2D eigenvalue weighted by atomic mass is 9.93. The second-order valence-corrected chi connectivity index (χ2v) is 4.28. The van der Waals surface area contributed by atoms with Gasteiger partial charge in [-0.05, 0) is 45.2 Å². The van der Waals surface area contributed by atoms with E-state index in [9.17, 15) is 4.79 Å². The van der Waals surface area contributed by atoms with Crippen LogP contribution in [-0.2, 0) is 9.53 Å². The van der Waals surface area contributed by atoms with Crippen molar-refractivity contribution in [2.24, 2.45) is 5.92 Å². The molecular weight excluding hydrogens is 194 g/mol. The Hall–Kier alpha value is -0.610. The SMILES string of the molecule is COCCC1CCN([C@@H](C)C(=O)O)CC1. The van der Waals surface area contributed by atoms with Crippen LogP contribution in [-0.4, -0.2) is 48.8 Å². The minimum Gasteiger partial charge on any atom is -0.480 e. The van der Waals surface area contributed by atoms with Crippen molar-refractivity contribution >= 4 is 5.97 Å². The van der Waals surface area contributed by atoms with Crippen LogP contribution in [0.2, 0.25) is 0 Å². The fraction of sp³-hybridized carbons (Fsp3) is 0.909. The summed E-state index contributed by atoms with van der Waals surface area (Å²) < 4.78 is 5.05.